The van der Waals surface area contributed by atoms with Gasteiger partial charge in [0.05, 0.1) is 17.5 Å². The number of nitrogens with one attached hydrogen (secondary N) is 1. The van der Waals surface area contributed by atoms with E-state index in [9.17, 15) is 4.79 Å². The van der Waals surface area contributed by atoms with E-state index in [0.717, 1.165) is 0 Å². The van der Waals surface area contributed by atoms with Crippen molar-refractivity contribution in [1.82, 2.24) is 5.32 Å². The molecule has 25 heavy (non-hydrogen) atoms. The minimum Gasteiger partial charge on any atom is -0.470 e. The lowest BCUT2D eigenvalue weighted by Gasteiger charge is -2.24. The first-order valence-corrected chi connectivity index (χ1v) is 9.58. The molecule has 0 heterocycles. The number of hydrogen-bond acceptors (Lipinski definition) is 4. The van der Waals surface area contributed by atoms with E-state index in [1.54, 1.807) is 45.2 Å². The molecule has 0 bridgehead atoms. The van der Waals surface area contributed by atoms with E-state index in [1.807, 2.05) is 0 Å². The molecule has 0 fully saturated rings. The Morgan fingerprint density at radius 3 is 2.48 bits per heavy atom. The van der Waals surface area contributed by atoms with Gasteiger partial charge in [-0.3, -0.25) is 4.79 Å². The third-order valence-electron chi connectivity index (χ3n) is 2.97. The predicted molar refractivity (Wildman–Crippen MR) is 104 cm³/mol. The van der Waals surface area contributed by atoms with Gasteiger partial charge in [-0.1, -0.05) is 35.0 Å². The zero-order chi connectivity index (χ0) is 19.0. The maximum absolute atomic E-state index is 12.5. The van der Waals surface area contributed by atoms with E-state index in [-0.39, 0.29) is 11.8 Å². The van der Waals surface area contributed by atoms with Crippen molar-refractivity contribution >= 4 is 40.9 Å². The quantitative estimate of drug-likeness (QED) is 0.565. The van der Waals surface area contributed by atoms with Gasteiger partial charge in [0.15, 0.2) is 0 Å². The summed E-state index contributed by atoms with van der Waals surface area (Å²) in [6.07, 6.45) is 2.23. The van der Waals surface area contributed by atoms with Gasteiger partial charge in [0.1, 0.15) is 5.75 Å². The fourth-order valence-electron chi connectivity index (χ4n) is 1.80. The molecule has 1 amide bonds. The summed E-state index contributed by atoms with van der Waals surface area (Å²) in [5, 5.41) is 12.5. The molecule has 0 aliphatic heterocycles. The fourth-order valence-corrected chi connectivity index (χ4v) is 2.78. The van der Waals surface area contributed by atoms with Gasteiger partial charge < -0.3 is 10.1 Å². The number of halogens is 2. The lowest BCUT2D eigenvalue weighted by Crippen LogP contribution is -2.47. The first-order chi connectivity index (χ1) is 11.7. The molecule has 0 aliphatic rings. The zero-order valence-electron chi connectivity index (χ0n) is 14.5. The van der Waals surface area contributed by atoms with Crippen LogP contribution in [0.3, 0.4) is 0 Å². The van der Waals surface area contributed by atoms with Gasteiger partial charge in [-0.05, 0) is 45.2 Å². The normalized spacial score (nSPS) is 13.0. The molecule has 1 rings (SSSR count). The molecule has 7 heteroatoms. The summed E-state index contributed by atoms with van der Waals surface area (Å²) in [5.74, 6) is 5.87. The SMILES string of the molecule is CSC(Oc1cc(Cl)cc(Cl)c1)C(=O)NC(C)(C)C#CCC(C)C#N. The zero-order valence-corrected chi connectivity index (χ0v) is 16.9. The number of nitrogens with zero attached hydrogens (tertiary/aromatic N) is 1. The molecule has 0 saturated carbocycles. The number of benzene rings is 1. The second-order valence-electron chi connectivity index (χ2n) is 5.94. The van der Waals surface area contributed by atoms with Crippen LogP contribution in [0.25, 0.3) is 0 Å². The molecule has 0 spiro atoms. The molecule has 0 radical (unpaired) electrons. The molecular weight excluding hydrogens is 379 g/mol. The maximum atomic E-state index is 12.5. The number of ether oxygens (including phenoxy) is 1. The van der Waals surface area contributed by atoms with Gasteiger partial charge in [-0.2, -0.15) is 5.26 Å². The summed E-state index contributed by atoms with van der Waals surface area (Å²) in [6.45, 7) is 5.39. The lowest BCUT2D eigenvalue weighted by atomic mass is 10.0. The minimum absolute atomic E-state index is 0.145. The number of amides is 1. The van der Waals surface area contributed by atoms with Crippen molar-refractivity contribution in [1.29, 1.82) is 5.26 Å². The van der Waals surface area contributed by atoms with Crippen molar-refractivity contribution in [2.75, 3.05) is 6.26 Å². The van der Waals surface area contributed by atoms with Crippen LogP contribution >= 0.6 is 35.0 Å². The monoisotopic (exact) mass is 398 g/mol. The number of thioether (sulfide) groups is 1. The molecule has 1 aromatic rings. The Labute approximate surface area is 163 Å². The highest BCUT2D eigenvalue weighted by atomic mass is 35.5. The third kappa shape index (κ3) is 7.92. The Kier molecular flexibility index (Phi) is 8.45. The Morgan fingerprint density at radius 2 is 1.96 bits per heavy atom. The Morgan fingerprint density at radius 1 is 1.36 bits per heavy atom. The molecule has 2 atom stereocenters. The lowest BCUT2D eigenvalue weighted by molar-refractivity contribution is -0.125. The highest BCUT2D eigenvalue weighted by Gasteiger charge is 2.25. The standard InChI is InChI=1S/C18H20Cl2N2O2S/c1-12(11-21)6-5-7-18(2,3)22-16(23)17(25-4)24-15-9-13(19)8-14(20)10-15/h8-10,12,17H,6H2,1-4H3,(H,22,23). The summed E-state index contributed by atoms with van der Waals surface area (Å²) >= 11 is 13.1. The molecule has 134 valence electrons. The van der Waals surface area contributed by atoms with Crippen LogP contribution in [0.2, 0.25) is 10.0 Å². The van der Waals surface area contributed by atoms with E-state index >= 15 is 0 Å². The van der Waals surface area contributed by atoms with Crippen molar-refractivity contribution < 1.29 is 9.53 Å². The number of carbonyl (C=O) groups excluding carboxylic acids is 1. The van der Waals surface area contributed by atoms with E-state index in [0.29, 0.717) is 22.2 Å². The van der Waals surface area contributed by atoms with Gasteiger partial charge in [0, 0.05) is 16.5 Å². The average molecular weight is 399 g/mol. The first kappa shape index (κ1) is 21.5. The Bertz CT molecular complexity index is 700. The van der Waals surface area contributed by atoms with Gasteiger partial charge >= 0.3 is 0 Å². The van der Waals surface area contributed by atoms with Crippen molar-refractivity contribution in [2.24, 2.45) is 5.92 Å². The smallest absolute Gasteiger partial charge is 0.272 e. The van der Waals surface area contributed by atoms with Crippen LogP contribution in [0.15, 0.2) is 18.2 Å². The summed E-state index contributed by atoms with van der Waals surface area (Å²) < 4.78 is 5.68. The van der Waals surface area contributed by atoms with Crippen LogP contribution in [0.1, 0.15) is 27.2 Å². The fraction of sp³-hybridized carbons (Fsp3) is 0.444. The average Bonchev–Trinajstić information content (AvgIpc) is 2.50. The van der Waals surface area contributed by atoms with E-state index in [1.165, 1.54) is 11.8 Å². The molecule has 4 nitrogen and oxygen atoms in total. The highest BCUT2D eigenvalue weighted by Crippen LogP contribution is 2.26. The summed E-state index contributed by atoms with van der Waals surface area (Å²) in [7, 11) is 0. The maximum Gasteiger partial charge on any atom is 0.272 e. The summed E-state index contributed by atoms with van der Waals surface area (Å²) in [6, 6.07) is 6.90. The van der Waals surface area contributed by atoms with Crippen LogP contribution in [-0.4, -0.2) is 23.1 Å². The second kappa shape index (κ2) is 9.82. The minimum atomic E-state index is -0.770. The number of hydrogen-bond donors (Lipinski definition) is 1. The van der Waals surface area contributed by atoms with Gasteiger partial charge in [0.2, 0.25) is 5.44 Å². The molecule has 1 aromatic carbocycles. The number of carbonyl (C=O) groups is 1. The van der Waals surface area contributed by atoms with E-state index in [2.05, 4.69) is 23.2 Å². The van der Waals surface area contributed by atoms with Crippen LogP contribution in [0.4, 0.5) is 0 Å². The van der Waals surface area contributed by atoms with Crippen molar-refractivity contribution in [2.45, 2.75) is 38.2 Å². The van der Waals surface area contributed by atoms with Crippen molar-refractivity contribution in [3.8, 4) is 23.7 Å². The summed E-state index contributed by atoms with van der Waals surface area (Å²) in [5.41, 5.74) is -1.51. The van der Waals surface area contributed by atoms with Crippen LogP contribution in [-0.2, 0) is 4.79 Å². The van der Waals surface area contributed by atoms with Crippen molar-refractivity contribution in [3.63, 3.8) is 0 Å². The largest absolute Gasteiger partial charge is 0.470 e. The Balaban J connectivity index is 2.76. The molecular formula is C18H20Cl2N2O2S. The van der Waals surface area contributed by atoms with Crippen molar-refractivity contribution in [3.05, 3.63) is 28.2 Å². The predicted octanol–water partition coefficient (Wildman–Crippen LogP) is 4.51. The Hall–Kier alpha value is -1.53. The van der Waals surface area contributed by atoms with E-state index < -0.39 is 11.0 Å². The topological polar surface area (TPSA) is 62.1 Å². The van der Waals surface area contributed by atoms with Crippen LogP contribution in [0.5, 0.6) is 5.75 Å². The molecule has 0 saturated heterocycles. The molecule has 1 N–H and O–H groups in total. The van der Waals surface area contributed by atoms with Gasteiger partial charge in [0.25, 0.3) is 5.91 Å². The summed E-state index contributed by atoms with van der Waals surface area (Å²) in [4.78, 5) is 12.5. The molecule has 0 aliphatic carbocycles. The third-order valence-corrected chi connectivity index (χ3v) is 4.15. The first-order valence-electron chi connectivity index (χ1n) is 7.54. The van der Waals surface area contributed by atoms with Gasteiger partial charge in [-0.15, -0.1) is 11.8 Å². The highest BCUT2D eigenvalue weighted by molar-refractivity contribution is 7.99. The molecule has 2 unspecified atom stereocenters. The van der Waals surface area contributed by atoms with Crippen LogP contribution < -0.4 is 10.1 Å². The molecule has 0 aromatic heterocycles. The van der Waals surface area contributed by atoms with Crippen LogP contribution in [0, 0.1) is 29.1 Å². The van der Waals surface area contributed by atoms with E-state index in [4.69, 9.17) is 33.2 Å². The second-order valence-corrected chi connectivity index (χ2v) is 7.71. The number of nitriles is 1. The number of rotatable bonds is 6. The van der Waals surface area contributed by atoms with Gasteiger partial charge in [-0.25, -0.2) is 0 Å².